The number of anilines is 2. The molecule has 1 aromatic heterocycles. The van der Waals surface area contributed by atoms with E-state index in [1.165, 1.54) is 0 Å². The summed E-state index contributed by atoms with van der Waals surface area (Å²) in [6.45, 7) is 0.956. The van der Waals surface area contributed by atoms with Crippen molar-refractivity contribution in [3.8, 4) is 0 Å². The number of nitrogens with zero attached hydrogens (tertiary/aromatic N) is 3. The van der Waals surface area contributed by atoms with Crippen LogP contribution in [0.1, 0.15) is 12.8 Å². The molecular weight excluding hydrogens is 202 g/mol. The Bertz CT molecular complexity index is 346. The van der Waals surface area contributed by atoms with Crippen LogP contribution >= 0.6 is 0 Å². The highest BCUT2D eigenvalue weighted by Gasteiger charge is 2.25. The predicted molar refractivity (Wildman–Crippen MR) is 65.5 cm³/mol. The lowest BCUT2D eigenvalue weighted by Crippen LogP contribution is -2.39. The van der Waals surface area contributed by atoms with Gasteiger partial charge in [-0.1, -0.05) is 0 Å². The molecule has 5 nitrogen and oxygen atoms in total. The van der Waals surface area contributed by atoms with Gasteiger partial charge < -0.3 is 16.0 Å². The van der Waals surface area contributed by atoms with Crippen LogP contribution in [0.3, 0.4) is 0 Å². The highest BCUT2D eigenvalue weighted by molar-refractivity contribution is 5.40. The van der Waals surface area contributed by atoms with Gasteiger partial charge in [0.1, 0.15) is 5.82 Å². The Labute approximate surface area is 96.1 Å². The van der Waals surface area contributed by atoms with Crippen LogP contribution < -0.4 is 16.0 Å². The quantitative estimate of drug-likeness (QED) is 0.783. The van der Waals surface area contributed by atoms with Crippen molar-refractivity contribution in [1.82, 2.24) is 9.97 Å². The average Bonchev–Trinajstić information content (AvgIpc) is 2.23. The van der Waals surface area contributed by atoms with Crippen molar-refractivity contribution >= 4 is 11.8 Å². The molecule has 5 heteroatoms. The standard InChI is InChI=1S/C11H19N5/c1-16(2)11-13-4-3-10(15-11)14-7-8-5-9(12)6-8/h3-4,8-9H,5-7,12H2,1-2H3,(H,13,14,15). The zero-order valence-corrected chi connectivity index (χ0v) is 9.85. The van der Waals surface area contributed by atoms with Gasteiger partial charge in [0.15, 0.2) is 0 Å². The van der Waals surface area contributed by atoms with Crippen molar-refractivity contribution in [2.75, 3.05) is 30.9 Å². The second kappa shape index (κ2) is 4.65. The lowest BCUT2D eigenvalue weighted by molar-refractivity contribution is 0.280. The SMILES string of the molecule is CN(C)c1nccc(NCC2CC(N)C2)n1. The van der Waals surface area contributed by atoms with Gasteiger partial charge in [-0.25, -0.2) is 4.98 Å². The monoisotopic (exact) mass is 221 g/mol. The van der Waals surface area contributed by atoms with E-state index in [1.54, 1.807) is 6.20 Å². The largest absolute Gasteiger partial charge is 0.370 e. The molecule has 2 rings (SSSR count). The van der Waals surface area contributed by atoms with Crippen LogP contribution in [0.4, 0.5) is 11.8 Å². The summed E-state index contributed by atoms with van der Waals surface area (Å²) in [4.78, 5) is 10.5. The van der Waals surface area contributed by atoms with Gasteiger partial charge in [-0.2, -0.15) is 4.98 Å². The molecule has 0 radical (unpaired) electrons. The Morgan fingerprint density at radius 3 is 2.88 bits per heavy atom. The Kier molecular flexibility index (Phi) is 3.24. The zero-order chi connectivity index (χ0) is 11.5. The molecule has 0 bridgehead atoms. The highest BCUT2D eigenvalue weighted by atomic mass is 15.2. The van der Waals surface area contributed by atoms with Gasteiger partial charge in [0.25, 0.3) is 0 Å². The van der Waals surface area contributed by atoms with Crippen LogP contribution in [-0.2, 0) is 0 Å². The lowest BCUT2D eigenvalue weighted by atomic mass is 9.81. The van der Waals surface area contributed by atoms with Gasteiger partial charge in [0.2, 0.25) is 5.95 Å². The number of hydrogen-bond donors (Lipinski definition) is 2. The molecule has 0 amide bonds. The summed E-state index contributed by atoms with van der Waals surface area (Å²) < 4.78 is 0. The first kappa shape index (κ1) is 11.1. The second-order valence-corrected chi connectivity index (χ2v) is 4.61. The number of nitrogens with two attached hydrogens (primary N) is 1. The topological polar surface area (TPSA) is 67.1 Å². The van der Waals surface area contributed by atoms with Crippen molar-refractivity contribution in [1.29, 1.82) is 0 Å². The van der Waals surface area contributed by atoms with Crippen LogP contribution in [0.2, 0.25) is 0 Å². The maximum atomic E-state index is 5.74. The van der Waals surface area contributed by atoms with E-state index in [-0.39, 0.29) is 0 Å². The summed E-state index contributed by atoms with van der Waals surface area (Å²) in [5, 5.41) is 3.33. The predicted octanol–water partition coefficient (Wildman–Crippen LogP) is 0.692. The zero-order valence-electron chi connectivity index (χ0n) is 9.85. The van der Waals surface area contributed by atoms with Gasteiger partial charge in [0, 0.05) is 32.9 Å². The molecule has 1 aliphatic rings. The van der Waals surface area contributed by atoms with E-state index in [1.807, 2.05) is 25.1 Å². The van der Waals surface area contributed by atoms with E-state index < -0.39 is 0 Å². The van der Waals surface area contributed by atoms with Crippen LogP contribution in [0.5, 0.6) is 0 Å². The molecule has 0 aromatic carbocycles. The molecule has 16 heavy (non-hydrogen) atoms. The summed E-state index contributed by atoms with van der Waals surface area (Å²) in [5.41, 5.74) is 5.74. The maximum Gasteiger partial charge on any atom is 0.226 e. The first-order valence-electron chi connectivity index (χ1n) is 5.65. The first-order valence-corrected chi connectivity index (χ1v) is 5.65. The molecule has 0 atom stereocenters. The Morgan fingerprint density at radius 2 is 2.25 bits per heavy atom. The van der Waals surface area contributed by atoms with Crippen molar-refractivity contribution in [3.05, 3.63) is 12.3 Å². The molecule has 0 unspecified atom stereocenters. The highest BCUT2D eigenvalue weighted by Crippen LogP contribution is 2.25. The Hall–Kier alpha value is -1.36. The number of aromatic nitrogens is 2. The molecule has 1 fully saturated rings. The molecule has 0 spiro atoms. The van der Waals surface area contributed by atoms with E-state index in [4.69, 9.17) is 5.73 Å². The lowest BCUT2D eigenvalue weighted by Gasteiger charge is -2.32. The Balaban J connectivity index is 1.86. The molecule has 1 saturated carbocycles. The molecule has 88 valence electrons. The fraction of sp³-hybridized carbons (Fsp3) is 0.636. The van der Waals surface area contributed by atoms with Crippen molar-refractivity contribution in [3.63, 3.8) is 0 Å². The molecule has 0 saturated heterocycles. The van der Waals surface area contributed by atoms with Crippen LogP contribution in [-0.4, -0.2) is 36.6 Å². The molecule has 1 aliphatic carbocycles. The number of nitrogens with one attached hydrogen (secondary N) is 1. The van der Waals surface area contributed by atoms with E-state index in [2.05, 4.69) is 15.3 Å². The van der Waals surface area contributed by atoms with E-state index >= 15 is 0 Å². The maximum absolute atomic E-state index is 5.74. The first-order chi connectivity index (χ1) is 7.65. The van der Waals surface area contributed by atoms with Gasteiger partial charge in [-0.3, -0.25) is 0 Å². The third-order valence-electron chi connectivity index (χ3n) is 2.89. The summed E-state index contributed by atoms with van der Waals surface area (Å²) in [6.07, 6.45) is 4.02. The molecule has 3 N–H and O–H groups in total. The minimum Gasteiger partial charge on any atom is -0.370 e. The van der Waals surface area contributed by atoms with Gasteiger partial charge in [-0.15, -0.1) is 0 Å². The fourth-order valence-electron chi connectivity index (χ4n) is 1.87. The smallest absolute Gasteiger partial charge is 0.226 e. The van der Waals surface area contributed by atoms with Crippen molar-refractivity contribution < 1.29 is 0 Å². The molecular formula is C11H19N5. The summed E-state index contributed by atoms with van der Waals surface area (Å²) in [6, 6.07) is 2.31. The summed E-state index contributed by atoms with van der Waals surface area (Å²) >= 11 is 0. The fourth-order valence-corrected chi connectivity index (χ4v) is 1.87. The van der Waals surface area contributed by atoms with Gasteiger partial charge >= 0.3 is 0 Å². The van der Waals surface area contributed by atoms with E-state index in [0.29, 0.717) is 12.0 Å². The third-order valence-corrected chi connectivity index (χ3v) is 2.89. The summed E-state index contributed by atoms with van der Waals surface area (Å²) in [7, 11) is 3.87. The number of hydrogen-bond acceptors (Lipinski definition) is 5. The minimum atomic E-state index is 0.412. The van der Waals surface area contributed by atoms with Gasteiger partial charge in [-0.05, 0) is 24.8 Å². The third kappa shape index (κ3) is 2.61. The van der Waals surface area contributed by atoms with Crippen molar-refractivity contribution in [2.24, 2.45) is 11.7 Å². The van der Waals surface area contributed by atoms with E-state index in [9.17, 15) is 0 Å². The second-order valence-electron chi connectivity index (χ2n) is 4.61. The van der Waals surface area contributed by atoms with Crippen molar-refractivity contribution in [2.45, 2.75) is 18.9 Å². The van der Waals surface area contributed by atoms with Crippen LogP contribution in [0, 0.1) is 5.92 Å². The molecule has 1 aromatic rings. The molecule has 1 heterocycles. The Morgan fingerprint density at radius 1 is 1.50 bits per heavy atom. The van der Waals surface area contributed by atoms with Gasteiger partial charge in [0.05, 0.1) is 0 Å². The minimum absolute atomic E-state index is 0.412. The van der Waals surface area contributed by atoms with Crippen LogP contribution in [0.25, 0.3) is 0 Å². The average molecular weight is 221 g/mol. The summed E-state index contributed by atoms with van der Waals surface area (Å²) in [5.74, 6) is 2.32. The number of rotatable bonds is 4. The van der Waals surface area contributed by atoms with Crippen LogP contribution in [0.15, 0.2) is 12.3 Å². The van der Waals surface area contributed by atoms with E-state index in [0.717, 1.165) is 31.2 Å². The normalized spacial score (nSPS) is 23.7. The molecule has 0 aliphatic heterocycles.